The van der Waals surface area contributed by atoms with Crippen molar-refractivity contribution in [3.63, 3.8) is 0 Å². The van der Waals surface area contributed by atoms with Crippen molar-refractivity contribution >= 4 is 14.4 Å². The van der Waals surface area contributed by atoms with E-state index in [0.29, 0.717) is 12.0 Å². The fourth-order valence-corrected chi connectivity index (χ4v) is 5.57. The van der Waals surface area contributed by atoms with E-state index in [-0.39, 0.29) is 19.6 Å². The van der Waals surface area contributed by atoms with Gasteiger partial charge < -0.3 is 9.47 Å². The third kappa shape index (κ3) is 15.0. The van der Waals surface area contributed by atoms with E-state index in [1.165, 1.54) is 101 Å². The lowest BCUT2D eigenvalue weighted by atomic mass is 10.0. The number of carbonyl (C=O) groups excluding carboxylic acids is 1. The highest BCUT2D eigenvalue weighted by Gasteiger charge is 2.40. The van der Waals surface area contributed by atoms with E-state index in [4.69, 9.17) is 19.5 Å². The molecule has 4 atom stereocenters. The molecule has 0 amide bonds. The molecule has 0 spiro atoms. The highest BCUT2D eigenvalue weighted by atomic mass is 31.1. The van der Waals surface area contributed by atoms with E-state index in [0.717, 1.165) is 12.8 Å². The van der Waals surface area contributed by atoms with E-state index >= 15 is 0 Å². The molecule has 1 aromatic heterocycles. The average molecular weight is 627 g/mol. The van der Waals surface area contributed by atoms with Crippen LogP contribution in [0.4, 0.5) is 4.79 Å². The highest BCUT2D eigenvalue weighted by molar-refractivity contribution is 7.34. The number of ether oxygens (including phenoxy) is 2. The summed E-state index contributed by atoms with van der Waals surface area (Å²) in [6.45, 7) is 3.64. The summed E-state index contributed by atoms with van der Waals surface area (Å²) in [5, 5.41) is 3.66. The summed E-state index contributed by atoms with van der Waals surface area (Å²) in [7, 11) is -2.85. The maximum absolute atomic E-state index is 12.2. The lowest BCUT2D eigenvalue weighted by Crippen LogP contribution is -2.33. The molecule has 1 aliphatic heterocycles. The molecule has 1 saturated heterocycles. The Bertz CT molecular complexity index is 1140. The van der Waals surface area contributed by atoms with Crippen molar-refractivity contribution in [1.82, 2.24) is 9.55 Å². The summed E-state index contributed by atoms with van der Waals surface area (Å²) in [5.74, 6) is 0. The van der Waals surface area contributed by atoms with E-state index in [1.54, 1.807) is 0 Å². The lowest BCUT2D eigenvalue weighted by molar-refractivity contribution is -0.0235. The average Bonchev–Trinajstić information content (AvgIpc) is 3.38. The molecule has 0 saturated carbocycles. The monoisotopic (exact) mass is 626 g/mol. The molecule has 0 bridgehead atoms. The maximum Gasteiger partial charge on any atom is 0.756 e. The van der Waals surface area contributed by atoms with Crippen molar-refractivity contribution < 1.29 is 27.9 Å². The van der Waals surface area contributed by atoms with Gasteiger partial charge in [0.15, 0.2) is 0 Å². The number of nitrogens with zero attached hydrogens (tertiary/aromatic N) is 4. The second-order valence-electron chi connectivity index (χ2n) is 11.1. The molecule has 1 aliphatic rings. The number of azide groups is 1. The van der Waals surface area contributed by atoms with Crippen LogP contribution in [0.1, 0.15) is 128 Å². The minimum Gasteiger partial charge on any atom is -0.431 e. The second-order valence-corrected chi connectivity index (χ2v) is 12.0. The zero-order chi connectivity index (χ0) is 31.3. The normalized spacial score (nSPS) is 18.3. The van der Waals surface area contributed by atoms with Gasteiger partial charge in [-0.3, -0.25) is 14.3 Å². The fourth-order valence-electron chi connectivity index (χ4n) is 5.08. The van der Waals surface area contributed by atoms with Gasteiger partial charge in [-0.2, -0.15) is 4.79 Å². The number of unbranched alkanes of at least 4 members (excludes halogenated alkanes) is 15. The number of carbonyl (C=O) groups is 1. The Hall–Kier alpha value is -2.72. The van der Waals surface area contributed by atoms with Gasteiger partial charge in [-0.15, -0.1) is 9.05 Å². The zero-order valence-corrected chi connectivity index (χ0v) is 26.6. The summed E-state index contributed by atoms with van der Waals surface area (Å²) in [5.41, 5.74) is 7.99. The smallest absolute Gasteiger partial charge is 0.431 e. The Morgan fingerprint density at radius 1 is 1.02 bits per heavy atom. The van der Waals surface area contributed by atoms with E-state index < -0.39 is 44.0 Å². The first-order valence-corrected chi connectivity index (χ1v) is 16.9. The molecule has 1 unspecified atom stereocenters. The molecule has 242 valence electrons. The van der Waals surface area contributed by atoms with E-state index in [2.05, 4.69) is 26.5 Å². The summed E-state index contributed by atoms with van der Waals surface area (Å²) < 4.78 is 33.8. The van der Waals surface area contributed by atoms with Crippen LogP contribution in [-0.4, -0.2) is 41.1 Å². The molecule has 0 aliphatic carbocycles. The Labute approximate surface area is 254 Å². The second kappa shape index (κ2) is 21.9. The van der Waals surface area contributed by atoms with Gasteiger partial charge in [0.05, 0.1) is 18.8 Å². The van der Waals surface area contributed by atoms with Crippen LogP contribution >= 0.6 is 8.25 Å². The molecule has 0 aromatic carbocycles. The van der Waals surface area contributed by atoms with Gasteiger partial charge in [-0.1, -0.05) is 108 Å². The maximum atomic E-state index is 12.2. The Kier molecular flexibility index (Phi) is 18.6. The number of aromatic amines is 1. The molecule has 0 radical (unpaired) electrons. The number of H-pyrrole nitrogens is 1. The van der Waals surface area contributed by atoms with Crippen LogP contribution in [0.2, 0.25) is 0 Å². The Morgan fingerprint density at radius 3 is 2.14 bits per heavy atom. The minimum atomic E-state index is -2.85. The van der Waals surface area contributed by atoms with E-state index in [1.807, 2.05) is 0 Å². The van der Waals surface area contributed by atoms with E-state index in [9.17, 15) is 18.9 Å². The quantitative estimate of drug-likeness (QED) is 0.0318. The number of nitrogens with one attached hydrogen (secondary N) is 1. The van der Waals surface area contributed by atoms with Gasteiger partial charge in [0, 0.05) is 27.7 Å². The first kappa shape index (κ1) is 36.5. The zero-order valence-electron chi connectivity index (χ0n) is 25.7. The molecule has 1 fully saturated rings. The third-order valence-corrected chi connectivity index (χ3v) is 8.23. The van der Waals surface area contributed by atoms with Crippen molar-refractivity contribution in [2.45, 2.75) is 141 Å². The molecular weight excluding hydrogens is 577 g/mol. The lowest BCUT2D eigenvalue weighted by Gasteiger charge is -2.14. The van der Waals surface area contributed by atoms with Gasteiger partial charge >= 0.3 is 20.1 Å². The predicted molar refractivity (Wildman–Crippen MR) is 163 cm³/mol. The van der Waals surface area contributed by atoms with Crippen molar-refractivity contribution in [2.75, 3.05) is 13.2 Å². The molecular formula is C29H49N5O8P+. The summed E-state index contributed by atoms with van der Waals surface area (Å²) in [6.07, 6.45) is 18.6. The Balaban J connectivity index is 1.50. The molecule has 2 rings (SSSR count). The van der Waals surface area contributed by atoms with Crippen LogP contribution in [-0.2, 0) is 23.1 Å². The summed E-state index contributed by atoms with van der Waals surface area (Å²) in [6, 6.07) is -0.737. The summed E-state index contributed by atoms with van der Waals surface area (Å²) in [4.78, 5) is 40.6. The number of aryl methyl sites for hydroxylation is 1. The van der Waals surface area contributed by atoms with Gasteiger partial charge in [0.25, 0.3) is 5.56 Å². The molecule has 14 heteroatoms. The van der Waals surface area contributed by atoms with Crippen LogP contribution in [0.15, 0.2) is 20.9 Å². The first-order chi connectivity index (χ1) is 20.8. The van der Waals surface area contributed by atoms with Crippen LogP contribution in [0, 0.1) is 6.92 Å². The van der Waals surface area contributed by atoms with Gasteiger partial charge in [-0.25, -0.2) is 4.79 Å². The minimum absolute atomic E-state index is 0.127. The van der Waals surface area contributed by atoms with Crippen LogP contribution in [0.25, 0.3) is 10.4 Å². The van der Waals surface area contributed by atoms with Crippen molar-refractivity contribution in [3.05, 3.63) is 43.0 Å². The standard InChI is InChI=1S/C29H48N5O8P/c1-3-4-5-6-7-8-9-10-11-12-13-14-15-16-17-18-19-39-29(37)42-43(38)40-22-25-24(32-33-30)20-26(41-25)34-21-23(2)27(35)31-28(34)36/h21,24-26H,3-20,22H2,1-2H3/p+1/t24-,25+,26+/m0/s1. The molecule has 43 heavy (non-hydrogen) atoms. The van der Waals surface area contributed by atoms with Gasteiger partial charge in [-0.05, 0) is 18.9 Å². The number of hydrogen-bond donors (Lipinski definition) is 1. The van der Waals surface area contributed by atoms with Crippen LogP contribution in [0.3, 0.4) is 0 Å². The van der Waals surface area contributed by atoms with Gasteiger partial charge in [0.2, 0.25) is 0 Å². The fraction of sp³-hybridized carbons (Fsp3) is 0.828. The summed E-state index contributed by atoms with van der Waals surface area (Å²) >= 11 is 0. The number of hydrogen-bond acceptors (Lipinski definition) is 9. The predicted octanol–water partition coefficient (Wildman–Crippen LogP) is 7.90. The van der Waals surface area contributed by atoms with Crippen molar-refractivity contribution in [3.8, 4) is 0 Å². The third-order valence-electron chi connectivity index (χ3n) is 7.57. The van der Waals surface area contributed by atoms with Crippen molar-refractivity contribution in [2.24, 2.45) is 5.11 Å². The first-order valence-electron chi connectivity index (χ1n) is 15.8. The highest BCUT2D eigenvalue weighted by Crippen LogP contribution is 2.33. The Morgan fingerprint density at radius 2 is 1.58 bits per heavy atom. The molecule has 2 heterocycles. The van der Waals surface area contributed by atoms with Crippen molar-refractivity contribution in [1.29, 1.82) is 0 Å². The topological polar surface area (TPSA) is 175 Å². The largest absolute Gasteiger partial charge is 0.756 e. The SMILES string of the molecule is CCCCCCCCCCCCCCCCCCOC(=O)O[P+](=O)OC[C@H]1O[C@@H](n2cc(C)c(=O)[nH]c2=O)C[C@@H]1N=[N+]=[N-]. The molecule has 1 aromatic rings. The number of aromatic nitrogens is 2. The molecule has 1 N–H and O–H groups in total. The van der Waals surface area contributed by atoms with Crippen LogP contribution in [0.5, 0.6) is 0 Å². The van der Waals surface area contributed by atoms with Gasteiger partial charge in [0.1, 0.15) is 12.8 Å². The van der Waals surface area contributed by atoms with Crippen LogP contribution < -0.4 is 11.2 Å². The number of rotatable bonds is 23. The molecule has 13 nitrogen and oxygen atoms in total.